The number of hydrogen-bond acceptors (Lipinski definition) is 4. The normalized spacial score (nSPS) is 11.5. The second-order valence-electron chi connectivity index (χ2n) is 7.17. The van der Waals surface area contributed by atoms with E-state index in [1.165, 1.54) is 6.92 Å². The van der Waals surface area contributed by atoms with Crippen LogP contribution in [0.1, 0.15) is 6.92 Å². The van der Waals surface area contributed by atoms with Crippen molar-refractivity contribution in [2.24, 2.45) is 0 Å². The Morgan fingerprint density at radius 3 is 2.47 bits per heavy atom. The van der Waals surface area contributed by atoms with Gasteiger partial charge in [-0.05, 0) is 35.0 Å². The second-order valence-corrected chi connectivity index (χ2v) is 7.55. The average Bonchev–Trinajstić information content (AvgIpc) is 2.76. The Balaban J connectivity index is 1.89. The van der Waals surface area contributed by atoms with Gasteiger partial charge in [0.15, 0.2) is 0 Å². The number of halogens is 1. The molecule has 5 aromatic rings. The van der Waals surface area contributed by atoms with E-state index in [0.717, 1.165) is 32.8 Å². The monoisotopic (exact) mass is 416 g/mol. The van der Waals surface area contributed by atoms with Crippen molar-refractivity contribution in [2.45, 2.75) is 13.5 Å². The maximum absolute atomic E-state index is 12.8. The van der Waals surface area contributed by atoms with Crippen molar-refractivity contribution in [1.29, 1.82) is 0 Å². The number of nitrogens with zero attached hydrogens (tertiary/aromatic N) is 2. The van der Waals surface area contributed by atoms with Gasteiger partial charge in [-0.2, -0.15) is 0 Å². The lowest BCUT2D eigenvalue weighted by Crippen LogP contribution is -2.11. The van der Waals surface area contributed by atoms with Crippen LogP contribution in [0.2, 0.25) is 5.02 Å². The first-order valence-electron chi connectivity index (χ1n) is 9.61. The summed E-state index contributed by atoms with van der Waals surface area (Å²) in [4.78, 5) is 28.9. The minimum atomic E-state index is -0.325. The Morgan fingerprint density at radius 1 is 0.933 bits per heavy atom. The molecule has 0 bridgehead atoms. The SMILES string of the molecule is CC(=O)OCCn1c2ccccc2nc2cc3c(cc21)c(Cl)c(=O)c1ccccc13. The number of hydrogen-bond donors (Lipinski definition) is 0. The minimum Gasteiger partial charge on any atom is -0.464 e. The van der Waals surface area contributed by atoms with E-state index in [-0.39, 0.29) is 23.0 Å². The van der Waals surface area contributed by atoms with Gasteiger partial charge < -0.3 is 9.30 Å². The summed E-state index contributed by atoms with van der Waals surface area (Å²) in [5, 5.41) is 3.22. The molecule has 1 aromatic heterocycles. The highest BCUT2D eigenvalue weighted by atomic mass is 35.5. The number of para-hydroxylation sites is 2. The zero-order chi connectivity index (χ0) is 20.8. The van der Waals surface area contributed by atoms with E-state index in [2.05, 4.69) is 4.57 Å². The molecule has 0 unspecified atom stereocenters. The average molecular weight is 417 g/mol. The number of ether oxygens (including phenoxy) is 1. The van der Waals surface area contributed by atoms with Crippen molar-refractivity contribution >= 4 is 61.2 Å². The second kappa shape index (κ2) is 7.11. The van der Waals surface area contributed by atoms with E-state index in [0.29, 0.717) is 17.3 Å². The molecule has 0 saturated carbocycles. The molecule has 0 aliphatic carbocycles. The Hall–Kier alpha value is -3.44. The van der Waals surface area contributed by atoms with Crippen molar-refractivity contribution in [3.05, 3.63) is 75.9 Å². The molecule has 0 radical (unpaired) electrons. The van der Waals surface area contributed by atoms with E-state index < -0.39 is 0 Å². The predicted octanol–water partition coefficient (Wildman–Crippen LogP) is 5.07. The van der Waals surface area contributed by atoms with Crippen molar-refractivity contribution in [1.82, 2.24) is 9.55 Å². The van der Waals surface area contributed by atoms with Gasteiger partial charge in [0.2, 0.25) is 5.43 Å². The summed E-state index contributed by atoms with van der Waals surface area (Å²) in [6, 6.07) is 19.2. The maximum Gasteiger partial charge on any atom is 0.302 e. The Bertz CT molecular complexity index is 1540. The third kappa shape index (κ3) is 2.90. The fourth-order valence-electron chi connectivity index (χ4n) is 4.01. The molecule has 4 aromatic carbocycles. The number of carbonyl (C=O) groups is 1. The molecule has 0 atom stereocenters. The molecule has 1 heterocycles. The summed E-state index contributed by atoms with van der Waals surface area (Å²) < 4.78 is 7.23. The van der Waals surface area contributed by atoms with Crippen LogP contribution in [0.25, 0.3) is 43.6 Å². The molecule has 30 heavy (non-hydrogen) atoms. The van der Waals surface area contributed by atoms with Gasteiger partial charge >= 0.3 is 5.97 Å². The molecular formula is C24H17ClN2O3. The summed E-state index contributed by atoms with van der Waals surface area (Å²) in [6.45, 7) is 2.08. The summed E-state index contributed by atoms with van der Waals surface area (Å²) in [5.74, 6) is -0.325. The molecule has 0 saturated heterocycles. The first-order valence-corrected chi connectivity index (χ1v) is 9.99. The topological polar surface area (TPSA) is 61.2 Å². The molecule has 0 amide bonds. The lowest BCUT2D eigenvalue weighted by Gasteiger charge is -2.16. The van der Waals surface area contributed by atoms with Crippen LogP contribution in [0.4, 0.5) is 0 Å². The van der Waals surface area contributed by atoms with Crippen LogP contribution in [0.15, 0.2) is 65.5 Å². The highest BCUT2D eigenvalue weighted by Crippen LogP contribution is 2.32. The number of carbonyl (C=O) groups excluding carboxylic acids is 1. The first kappa shape index (κ1) is 18.6. The van der Waals surface area contributed by atoms with E-state index >= 15 is 0 Å². The van der Waals surface area contributed by atoms with Gasteiger partial charge in [0.1, 0.15) is 6.61 Å². The Kier molecular flexibility index (Phi) is 4.40. The molecule has 0 N–H and O–H groups in total. The van der Waals surface area contributed by atoms with E-state index in [4.69, 9.17) is 21.3 Å². The Morgan fingerprint density at radius 2 is 1.67 bits per heavy atom. The number of esters is 1. The summed E-state index contributed by atoms with van der Waals surface area (Å²) >= 11 is 6.51. The molecule has 0 aliphatic rings. The summed E-state index contributed by atoms with van der Waals surface area (Å²) in [6.07, 6.45) is 0. The van der Waals surface area contributed by atoms with Crippen molar-refractivity contribution < 1.29 is 9.53 Å². The van der Waals surface area contributed by atoms with Crippen LogP contribution in [0.3, 0.4) is 0 Å². The number of benzene rings is 4. The highest BCUT2D eigenvalue weighted by Gasteiger charge is 2.15. The van der Waals surface area contributed by atoms with Crippen molar-refractivity contribution in [2.75, 3.05) is 6.61 Å². The van der Waals surface area contributed by atoms with Gasteiger partial charge in [0, 0.05) is 17.7 Å². The minimum absolute atomic E-state index is 0.181. The van der Waals surface area contributed by atoms with Gasteiger partial charge in [-0.3, -0.25) is 9.59 Å². The predicted molar refractivity (Wildman–Crippen MR) is 120 cm³/mol. The van der Waals surface area contributed by atoms with Crippen molar-refractivity contribution in [3.8, 4) is 0 Å². The number of fused-ring (bicyclic) bond motifs is 5. The fraction of sp³-hybridized carbons (Fsp3) is 0.125. The zero-order valence-corrected chi connectivity index (χ0v) is 16.9. The zero-order valence-electron chi connectivity index (χ0n) is 16.2. The van der Waals surface area contributed by atoms with Crippen LogP contribution in [0, 0.1) is 0 Å². The molecule has 6 heteroatoms. The van der Waals surface area contributed by atoms with Crippen molar-refractivity contribution in [3.63, 3.8) is 0 Å². The Labute approximate surface area is 176 Å². The highest BCUT2D eigenvalue weighted by molar-refractivity contribution is 6.38. The fourth-order valence-corrected chi connectivity index (χ4v) is 4.27. The lowest BCUT2D eigenvalue weighted by molar-refractivity contribution is -0.141. The molecular weight excluding hydrogens is 400 g/mol. The van der Waals surface area contributed by atoms with E-state index in [1.54, 1.807) is 6.07 Å². The standard InChI is InChI=1S/C24H17ClN2O3/c1-14(28)30-11-10-27-21-9-5-4-8-19(21)26-20-12-17-15-6-2-3-7-16(15)24(29)23(25)18(17)13-22(20)27/h2-9,12-13H,10-11H2,1H3. The van der Waals surface area contributed by atoms with Gasteiger partial charge in [0.25, 0.3) is 0 Å². The molecule has 148 valence electrons. The third-order valence-corrected chi connectivity index (χ3v) is 5.71. The van der Waals surface area contributed by atoms with Gasteiger partial charge in [-0.25, -0.2) is 4.98 Å². The third-order valence-electron chi connectivity index (χ3n) is 5.34. The van der Waals surface area contributed by atoms with E-state index in [9.17, 15) is 9.59 Å². The summed E-state index contributed by atoms with van der Waals surface area (Å²) in [5.41, 5.74) is 3.17. The van der Waals surface area contributed by atoms with Crippen LogP contribution < -0.4 is 5.43 Å². The number of rotatable bonds is 3. The van der Waals surface area contributed by atoms with Crippen LogP contribution >= 0.6 is 11.6 Å². The molecule has 0 aliphatic heterocycles. The molecule has 0 fully saturated rings. The number of aromatic nitrogens is 2. The smallest absolute Gasteiger partial charge is 0.302 e. The first-order chi connectivity index (χ1) is 14.5. The molecule has 5 nitrogen and oxygen atoms in total. The maximum atomic E-state index is 12.8. The quantitative estimate of drug-likeness (QED) is 0.234. The van der Waals surface area contributed by atoms with Gasteiger partial charge in [-0.15, -0.1) is 0 Å². The lowest BCUT2D eigenvalue weighted by atomic mass is 10.0. The molecule has 5 rings (SSSR count). The van der Waals surface area contributed by atoms with E-state index in [1.807, 2.05) is 54.6 Å². The molecule has 0 spiro atoms. The van der Waals surface area contributed by atoms with Crippen LogP contribution in [-0.2, 0) is 16.1 Å². The van der Waals surface area contributed by atoms with Gasteiger partial charge in [-0.1, -0.05) is 48.0 Å². The van der Waals surface area contributed by atoms with Gasteiger partial charge in [0.05, 0.1) is 33.6 Å². The largest absolute Gasteiger partial charge is 0.464 e. The van der Waals surface area contributed by atoms with Crippen LogP contribution in [0.5, 0.6) is 0 Å². The summed E-state index contributed by atoms with van der Waals surface area (Å²) in [7, 11) is 0. The van der Waals surface area contributed by atoms with Crippen LogP contribution in [-0.4, -0.2) is 22.1 Å².